The molecule has 0 heterocycles. The summed E-state index contributed by atoms with van der Waals surface area (Å²) in [4.78, 5) is 35.5. The average molecular weight is 1360 g/mol. The van der Waals surface area contributed by atoms with E-state index < -0.39 is 26.5 Å². The van der Waals surface area contributed by atoms with Gasteiger partial charge in [-0.3, -0.25) is 18.6 Å². The predicted molar refractivity (Wildman–Crippen MR) is 422 cm³/mol. The van der Waals surface area contributed by atoms with Crippen LogP contribution >= 0.6 is 7.82 Å². The molecule has 10 heteroatoms. The molecule has 0 fully saturated rings. The summed E-state index contributed by atoms with van der Waals surface area (Å²) in [5, 5.41) is 0. The molecule has 2 unspecified atom stereocenters. The van der Waals surface area contributed by atoms with Crippen LogP contribution in [-0.2, 0) is 32.7 Å². The third-order valence-corrected chi connectivity index (χ3v) is 17.0. The third kappa shape index (κ3) is 79.7. The predicted octanol–water partition coefficient (Wildman–Crippen LogP) is 26.4. The second-order valence-electron chi connectivity index (χ2n) is 25.1. The van der Waals surface area contributed by atoms with Crippen LogP contribution in [0.25, 0.3) is 0 Å². The molecular weight excluding hydrogens is 1220 g/mol. The Kier molecular flexibility index (Phi) is 75.6. The van der Waals surface area contributed by atoms with Crippen molar-refractivity contribution >= 4 is 19.8 Å². The maximum absolute atomic E-state index is 12.8. The van der Waals surface area contributed by atoms with E-state index in [9.17, 15) is 19.0 Å². The second kappa shape index (κ2) is 79.8. The molecule has 0 aromatic carbocycles. The highest BCUT2D eigenvalue weighted by Gasteiger charge is 2.26. The van der Waals surface area contributed by atoms with Gasteiger partial charge >= 0.3 is 19.8 Å². The molecule has 0 aromatic rings. The van der Waals surface area contributed by atoms with Gasteiger partial charge in [0, 0.05) is 19.4 Å². The fourth-order valence-corrected chi connectivity index (χ4v) is 11.1. The standard InChI is InChI=1S/C87H142NO8P/c1-3-5-7-9-11-13-15-17-19-21-23-25-27-29-31-33-35-37-39-41-42-44-45-47-49-51-53-55-57-59-61-63-65-67-69-71-73-75-77-79-86(89)93-83-85(84-95-97(91,92)94-82-81-88)96-87(90)80-78-76-74-72-70-68-66-64-62-60-58-56-54-52-50-48-46-43-40-38-36-34-32-30-28-26-24-22-20-18-16-14-12-10-8-6-4-2/h5-8,11-14,17-20,23-26,29-32,35-38,43,46,50,52,56,58,62,64,85H,3-4,9-10,15-16,21-22,27-28,33-34,39-42,44-45,47-49,51,53-55,57,59-61,63,65-84,88H2,1-2H3,(H,91,92)/b7-5-,8-6-,13-11-,14-12-,19-17-,20-18-,25-23-,26-24-,31-29-,32-30-,37-35-,38-36-,46-43-,52-50-,58-56-,64-62-. The Morgan fingerprint density at radius 3 is 0.794 bits per heavy atom. The molecule has 0 aliphatic heterocycles. The van der Waals surface area contributed by atoms with Crippen molar-refractivity contribution in [1.82, 2.24) is 0 Å². The van der Waals surface area contributed by atoms with Crippen LogP contribution in [0.4, 0.5) is 0 Å². The summed E-state index contributed by atoms with van der Waals surface area (Å²) in [6.45, 7) is 3.50. The minimum absolute atomic E-state index is 0.0428. The highest BCUT2D eigenvalue weighted by atomic mass is 31.2. The van der Waals surface area contributed by atoms with Crippen molar-refractivity contribution in [3.05, 3.63) is 194 Å². The van der Waals surface area contributed by atoms with Crippen molar-refractivity contribution in [2.45, 2.75) is 315 Å². The summed E-state index contributed by atoms with van der Waals surface area (Å²) in [6, 6.07) is 0. The van der Waals surface area contributed by atoms with E-state index in [4.69, 9.17) is 24.3 Å². The van der Waals surface area contributed by atoms with E-state index in [0.29, 0.717) is 6.42 Å². The Labute approximate surface area is 596 Å². The van der Waals surface area contributed by atoms with Gasteiger partial charge in [-0.25, -0.2) is 4.57 Å². The number of hydrogen-bond acceptors (Lipinski definition) is 8. The minimum Gasteiger partial charge on any atom is -0.462 e. The molecule has 0 spiro atoms. The van der Waals surface area contributed by atoms with E-state index in [1.807, 2.05) is 0 Å². The first kappa shape index (κ1) is 91.8. The number of allylic oxidation sites excluding steroid dienone is 32. The maximum atomic E-state index is 12.8. The van der Waals surface area contributed by atoms with Gasteiger partial charge in [-0.05, 0) is 141 Å². The molecule has 0 aromatic heterocycles. The Morgan fingerprint density at radius 1 is 0.309 bits per heavy atom. The van der Waals surface area contributed by atoms with Gasteiger partial charge in [-0.2, -0.15) is 0 Å². The molecule has 97 heavy (non-hydrogen) atoms. The average Bonchev–Trinajstić information content (AvgIpc) is 2.17. The summed E-state index contributed by atoms with van der Waals surface area (Å²) < 4.78 is 33.2. The zero-order valence-corrected chi connectivity index (χ0v) is 62.6. The largest absolute Gasteiger partial charge is 0.472 e. The quantitative estimate of drug-likeness (QED) is 0.0264. The first-order valence-corrected chi connectivity index (χ1v) is 40.4. The number of carbonyl (C=O) groups is 2. The van der Waals surface area contributed by atoms with Gasteiger partial charge in [-0.1, -0.05) is 350 Å². The van der Waals surface area contributed by atoms with Gasteiger partial charge in [0.05, 0.1) is 13.2 Å². The first-order chi connectivity index (χ1) is 47.8. The van der Waals surface area contributed by atoms with Crippen molar-refractivity contribution in [2.24, 2.45) is 5.73 Å². The molecular formula is C87H142NO8P. The lowest BCUT2D eigenvalue weighted by Crippen LogP contribution is -2.29. The summed E-state index contributed by atoms with van der Waals surface area (Å²) in [5.74, 6) is -0.847. The van der Waals surface area contributed by atoms with E-state index in [2.05, 4.69) is 208 Å². The van der Waals surface area contributed by atoms with Gasteiger partial charge < -0.3 is 20.1 Å². The summed E-state index contributed by atoms with van der Waals surface area (Å²) in [5.41, 5.74) is 5.41. The molecule has 0 radical (unpaired) electrons. The molecule has 0 saturated carbocycles. The van der Waals surface area contributed by atoms with Crippen LogP contribution in [0.2, 0.25) is 0 Å². The topological polar surface area (TPSA) is 134 Å². The first-order valence-electron chi connectivity index (χ1n) is 38.9. The molecule has 0 rings (SSSR count). The van der Waals surface area contributed by atoms with E-state index >= 15 is 0 Å². The Hall–Kier alpha value is -5.15. The molecule has 0 aliphatic rings. The number of hydrogen-bond donors (Lipinski definition) is 2. The third-order valence-electron chi connectivity index (χ3n) is 16.0. The van der Waals surface area contributed by atoms with Crippen molar-refractivity contribution in [3.63, 3.8) is 0 Å². The van der Waals surface area contributed by atoms with E-state index in [1.165, 1.54) is 116 Å². The second-order valence-corrected chi connectivity index (χ2v) is 26.6. The number of esters is 2. The van der Waals surface area contributed by atoms with Gasteiger partial charge in [0.25, 0.3) is 0 Å². The number of nitrogens with two attached hydrogens (primary N) is 1. The number of phosphoric ester groups is 1. The molecule has 0 amide bonds. The van der Waals surface area contributed by atoms with Gasteiger partial charge in [0.1, 0.15) is 6.61 Å². The van der Waals surface area contributed by atoms with Gasteiger partial charge in [-0.15, -0.1) is 0 Å². The smallest absolute Gasteiger partial charge is 0.462 e. The lowest BCUT2D eigenvalue weighted by atomic mass is 10.0. The number of rotatable bonds is 71. The summed E-state index contributed by atoms with van der Waals surface area (Å²) in [6.07, 6.45) is 121. The number of phosphoric acid groups is 1. The molecule has 2 atom stereocenters. The minimum atomic E-state index is -4.41. The van der Waals surface area contributed by atoms with Crippen molar-refractivity contribution in [1.29, 1.82) is 0 Å². The highest BCUT2D eigenvalue weighted by molar-refractivity contribution is 7.47. The summed E-state index contributed by atoms with van der Waals surface area (Å²) in [7, 11) is -4.41. The Bertz CT molecular complexity index is 2300. The molecule has 0 saturated heterocycles. The van der Waals surface area contributed by atoms with Crippen LogP contribution in [0, 0.1) is 0 Å². The van der Waals surface area contributed by atoms with Crippen LogP contribution in [0.5, 0.6) is 0 Å². The zero-order chi connectivity index (χ0) is 70.0. The number of ether oxygens (including phenoxy) is 2. The fourth-order valence-electron chi connectivity index (χ4n) is 10.3. The van der Waals surface area contributed by atoms with E-state index in [-0.39, 0.29) is 38.6 Å². The van der Waals surface area contributed by atoms with Crippen molar-refractivity contribution in [3.8, 4) is 0 Å². The van der Waals surface area contributed by atoms with E-state index in [0.717, 1.165) is 161 Å². The van der Waals surface area contributed by atoms with Crippen LogP contribution in [0.15, 0.2) is 194 Å². The highest BCUT2D eigenvalue weighted by Crippen LogP contribution is 2.43. The molecule has 9 nitrogen and oxygen atoms in total. The molecule has 3 N–H and O–H groups in total. The molecule has 0 aliphatic carbocycles. The number of unbranched alkanes of at least 4 members (excludes halogenated alkanes) is 26. The van der Waals surface area contributed by atoms with Crippen LogP contribution in [-0.4, -0.2) is 49.3 Å². The molecule has 0 bridgehead atoms. The number of carbonyl (C=O) groups excluding carboxylic acids is 2. The zero-order valence-electron chi connectivity index (χ0n) is 61.7. The lowest BCUT2D eigenvalue weighted by molar-refractivity contribution is -0.161. The van der Waals surface area contributed by atoms with E-state index in [1.54, 1.807) is 0 Å². The van der Waals surface area contributed by atoms with Crippen LogP contribution in [0.1, 0.15) is 309 Å². The normalized spacial score (nSPS) is 14.0. The molecule has 548 valence electrons. The summed E-state index contributed by atoms with van der Waals surface area (Å²) >= 11 is 0. The monoisotopic (exact) mass is 1360 g/mol. The maximum Gasteiger partial charge on any atom is 0.472 e. The van der Waals surface area contributed by atoms with Crippen molar-refractivity contribution < 1.29 is 37.6 Å². The van der Waals surface area contributed by atoms with Crippen LogP contribution in [0.3, 0.4) is 0 Å². The van der Waals surface area contributed by atoms with Gasteiger partial charge in [0.15, 0.2) is 6.10 Å². The fraction of sp³-hybridized carbons (Fsp3) is 0.609. The van der Waals surface area contributed by atoms with Gasteiger partial charge in [0.2, 0.25) is 0 Å². The Morgan fingerprint density at radius 2 is 0.536 bits per heavy atom. The lowest BCUT2D eigenvalue weighted by Gasteiger charge is -2.19. The van der Waals surface area contributed by atoms with Crippen LogP contribution < -0.4 is 5.73 Å². The van der Waals surface area contributed by atoms with Crippen molar-refractivity contribution in [2.75, 3.05) is 26.4 Å². The SMILES string of the molecule is CC/C=C\C/C=C\C/C=C\C/C=C\C/C=C\C/C=C\C/C=C\C/C=C\C/C=C\C/C=C\CCCCCCCCC(=O)OC(COC(=O)CCCCCCCCCCCCCCCCCCCCCC/C=C\C/C=C\C/C=C\C/C=C\C/C=C\C/C=C\CC)COP(=O)(O)OCCN. The Balaban J connectivity index is 3.92.